The zero-order valence-electron chi connectivity index (χ0n) is 11.4. The lowest BCUT2D eigenvalue weighted by molar-refractivity contribution is -0.123. The van der Waals surface area contributed by atoms with E-state index < -0.39 is 0 Å². The van der Waals surface area contributed by atoms with Crippen LogP contribution in [0.4, 0.5) is 5.69 Å². The first kappa shape index (κ1) is 15.3. The molecule has 2 aromatic rings. The first-order valence-electron chi connectivity index (χ1n) is 6.63. The number of anilines is 1. The normalized spacial score (nSPS) is 14.5. The molecule has 4 nitrogen and oxygen atoms in total. The molecule has 1 N–H and O–H groups in total. The molecular weight excluding hydrogens is 343 g/mol. The SMILES string of the molecule is O=C(Nc1ccc(Cl)cc1Cl)C1CN(C(=O)c2cccs2)C1. The summed E-state index contributed by atoms with van der Waals surface area (Å²) in [6.07, 6.45) is 0. The van der Waals surface area contributed by atoms with E-state index in [4.69, 9.17) is 23.2 Å². The summed E-state index contributed by atoms with van der Waals surface area (Å²) in [5.41, 5.74) is 0.527. The molecule has 0 atom stereocenters. The van der Waals surface area contributed by atoms with Gasteiger partial charge in [-0.1, -0.05) is 29.3 Å². The number of nitrogens with one attached hydrogen (secondary N) is 1. The molecule has 7 heteroatoms. The largest absolute Gasteiger partial charge is 0.336 e. The van der Waals surface area contributed by atoms with Crippen molar-refractivity contribution in [3.8, 4) is 0 Å². The molecule has 1 fully saturated rings. The molecule has 114 valence electrons. The fraction of sp³-hybridized carbons (Fsp3) is 0.200. The molecule has 0 unspecified atom stereocenters. The van der Waals surface area contributed by atoms with Crippen molar-refractivity contribution in [1.29, 1.82) is 0 Å². The maximum absolute atomic E-state index is 12.1. The van der Waals surface area contributed by atoms with E-state index in [2.05, 4.69) is 5.32 Å². The second-order valence-corrected chi connectivity index (χ2v) is 6.79. The summed E-state index contributed by atoms with van der Waals surface area (Å²) in [7, 11) is 0. The number of amides is 2. The van der Waals surface area contributed by atoms with Crippen LogP contribution in [-0.4, -0.2) is 29.8 Å². The quantitative estimate of drug-likeness (QED) is 0.911. The van der Waals surface area contributed by atoms with Crippen molar-refractivity contribution < 1.29 is 9.59 Å². The second-order valence-electron chi connectivity index (χ2n) is 5.00. The molecule has 3 rings (SSSR count). The average molecular weight is 355 g/mol. The van der Waals surface area contributed by atoms with Crippen LogP contribution in [0.25, 0.3) is 0 Å². The predicted octanol–water partition coefficient (Wildman–Crippen LogP) is 3.77. The molecule has 22 heavy (non-hydrogen) atoms. The molecule has 0 radical (unpaired) electrons. The third-order valence-electron chi connectivity index (χ3n) is 3.46. The maximum Gasteiger partial charge on any atom is 0.263 e. The van der Waals surface area contributed by atoms with Gasteiger partial charge in [0.25, 0.3) is 5.91 Å². The first-order valence-corrected chi connectivity index (χ1v) is 8.27. The Labute approximate surface area is 141 Å². The zero-order chi connectivity index (χ0) is 15.7. The van der Waals surface area contributed by atoms with Gasteiger partial charge in [-0.15, -0.1) is 11.3 Å². The van der Waals surface area contributed by atoms with Crippen LogP contribution in [0.5, 0.6) is 0 Å². The number of likely N-dealkylation sites (tertiary alicyclic amines) is 1. The van der Waals surface area contributed by atoms with Crippen LogP contribution < -0.4 is 5.32 Å². The summed E-state index contributed by atoms with van der Waals surface area (Å²) in [5.74, 6) is -0.376. The molecule has 1 aromatic carbocycles. The van der Waals surface area contributed by atoms with Gasteiger partial charge >= 0.3 is 0 Å². The van der Waals surface area contributed by atoms with Gasteiger partial charge < -0.3 is 10.2 Å². The second kappa shape index (κ2) is 6.28. The lowest BCUT2D eigenvalue weighted by atomic mass is 9.98. The lowest BCUT2D eigenvalue weighted by Gasteiger charge is -2.37. The van der Waals surface area contributed by atoms with E-state index in [0.717, 1.165) is 0 Å². The van der Waals surface area contributed by atoms with Crippen molar-refractivity contribution in [2.24, 2.45) is 5.92 Å². The highest BCUT2D eigenvalue weighted by Crippen LogP contribution is 2.27. The van der Waals surface area contributed by atoms with Gasteiger partial charge in [-0.25, -0.2) is 0 Å². The van der Waals surface area contributed by atoms with Crippen molar-refractivity contribution in [1.82, 2.24) is 4.90 Å². The molecule has 1 aliphatic heterocycles. The van der Waals surface area contributed by atoms with Gasteiger partial charge in [0.1, 0.15) is 0 Å². The highest BCUT2D eigenvalue weighted by atomic mass is 35.5. The summed E-state index contributed by atoms with van der Waals surface area (Å²) in [5, 5.41) is 5.54. The Balaban J connectivity index is 1.56. The predicted molar refractivity (Wildman–Crippen MR) is 88.8 cm³/mol. The summed E-state index contributed by atoms with van der Waals surface area (Å²) >= 11 is 13.2. The standard InChI is InChI=1S/C15H12Cl2N2O2S/c16-10-3-4-12(11(17)6-10)18-14(20)9-7-19(8-9)15(21)13-2-1-5-22-13/h1-6,9H,7-8H2,(H,18,20). The molecule has 1 aromatic heterocycles. The highest BCUT2D eigenvalue weighted by Gasteiger charge is 2.36. The topological polar surface area (TPSA) is 49.4 Å². The fourth-order valence-corrected chi connectivity index (χ4v) is 3.34. The van der Waals surface area contributed by atoms with Crippen LogP contribution in [0, 0.1) is 5.92 Å². The number of thiophene rings is 1. The average Bonchev–Trinajstić information content (AvgIpc) is 2.94. The molecule has 0 saturated carbocycles. The van der Waals surface area contributed by atoms with E-state index in [1.54, 1.807) is 29.2 Å². The van der Waals surface area contributed by atoms with E-state index in [9.17, 15) is 9.59 Å². The van der Waals surface area contributed by atoms with E-state index in [0.29, 0.717) is 33.7 Å². The molecule has 1 aliphatic rings. The number of hydrogen-bond donors (Lipinski definition) is 1. The number of carbonyl (C=O) groups excluding carboxylic acids is 2. The molecule has 0 aliphatic carbocycles. The molecule has 2 amide bonds. The number of carbonyl (C=O) groups is 2. The number of nitrogens with zero attached hydrogens (tertiary/aromatic N) is 1. The summed E-state index contributed by atoms with van der Waals surface area (Å²) in [6, 6.07) is 8.52. The van der Waals surface area contributed by atoms with Crippen molar-refractivity contribution in [3.63, 3.8) is 0 Å². The van der Waals surface area contributed by atoms with Crippen LogP contribution >= 0.6 is 34.5 Å². The Hall–Kier alpha value is -1.56. The van der Waals surface area contributed by atoms with Gasteiger partial charge in [0.2, 0.25) is 5.91 Å². The van der Waals surface area contributed by atoms with Gasteiger partial charge in [-0.3, -0.25) is 9.59 Å². The van der Waals surface area contributed by atoms with Crippen molar-refractivity contribution in [2.45, 2.75) is 0 Å². The minimum absolute atomic E-state index is 0.0245. The van der Waals surface area contributed by atoms with Gasteiger partial charge in [0.15, 0.2) is 0 Å². The van der Waals surface area contributed by atoms with E-state index >= 15 is 0 Å². The molecule has 2 heterocycles. The van der Waals surface area contributed by atoms with Crippen molar-refractivity contribution >= 4 is 52.0 Å². The fourth-order valence-electron chi connectivity index (χ4n) is 2.19. The van der Waals surface area contributed by atoms with Crippen LogP contribution in [0.2, 0.25) is 10.0 Å². The van der Waals surface area contributed by atoms with Crippen molar-refractivity contribution in [2.75, 3.05) is 18.4 Å². The van der Waals surface area contributed by atoms with E-state index in [1.165, 1.54) is 11.3 Å². The van der Waals surface area contributed by atoms with Crippen LogP contribution in [0.1, 0.15) is 9.67 Å². The van der Waals surface area contributed by atoms with Gasteiger partial charge in [-0.05, 0) is 29.6 Å². The zero-order valence-corrected chi connectivity index (χ0v) is 13.7. The van der Waals surface area contributed by atoms with E-state index in [-0.39, 0.29) is 17.7 Å². The number of benzene rings is 1. The number of rotatable bonds is 3. The lowest BCUT2D eigenvalue weighted by Crippen LogP contribution is -2.54. The van der Waals surface area contributed by atoms with Gasteiger partial charge in [0.05, 0.1) is 21.5 Å². The molecule has 0 spiro atoms. The summed E-state index contributed by atoms with van der Waals surface area (Å²) in [4.78, 5) is 26.6. The van der Waals surface area contributed by atoms with Gasteiger partial charge in [-0.2, -0.15) is 0 Å². The summed E-state index contributed by atoms with van der Waals surface area (Å²) < 4.78 is 0. The number of halogens is 2. The Morgan fingerprint density at radius 3 is 2.64 bits per heavy atom. The Kier molecular flexibility index (Phi) is 4.38. The third-order valence-corrected chi connectivity index (χ3v) is 4.87. The van der Waals surface area contributed by atoms with Crippen LogP contribution in [-0.2, 0) is 4.79 Å². The molecule has 0 bridgehead atoms. The smallest absolute Gasteiger partial charge is 0.263 e. The number of hydrogen-bond acceptors (Lipinski definition) is 3. The van der Waals surface area contributed by atoms with Crippen LogP contribution in [0.3, 0.4) is 0 Å². The summed E-state index contributed by atoms with van der Waals surface area (Å²) in [6.45, 7) is 0.849. The Morgan fingerprint density at radius 2 is 2.00 bits per heavy atom. The third kappa shape index (κ3) is 3.11. The monoisotopic (exact) mass is 354 g/mol. The van der Waals surface area contributed by atoms with E-state index in [1.807, 2.05) is 11.4 Å². The van der Waals surface area contributed by atoms with Crippen molar-refractivity contribution in [3.05, 3.63) is 50.6 Å². The molecule has 1 saturated heterocycles. The first-order chi connectivity index (χ1) is 10.5. The minimum atomic E-state index is -0.212. The maximum atomic E-state index is 12.1. The highest BCUT2D eigenvalue weighted by molar-refractivity contribution is 7.12. The van der Waals surface area contributed by atoms with Crippen LogP contribution in [0.15, 0.2) is 35.7 Å². The Bertz CT molecular complexity index is 712. The Morgan fingerprint density at radius 1 is 1.23 bits per heavy atom. The van der Waals surface area contributed by atoms with Gasteiger partial charge in [0, 0.05) is 18.1 Å². The minimum Gasteiger partial charge on any atom is -0.336 e. The molecular formula is C15H12Cl2N2O2S.